The predicted octanol–water partition coefficient (Wildman–Crippen LogP) is 4.57. The lowest BCUT2D eigenvalue weighted by molar-refractivity contribution is 0.136. The van der Waals surface area contributed by atoms with Crippen molar-refractivity contribution < 1.29 is 0 Å². The van der Waals surface area contributed by atoms with Crippen molar-refractivity contribution in [3.05, 3.63) is 57.1 Å². The van der Waals surface area contributed by atoms with E-state index in [1.165, 1.54) is 30.5 Å². The maximum absolute atomic E-state index is 6.37. The summed E-state index contributed by atoms with van der Waals surface area (Å²) in [6.45, 7) is 4.90. The molecule has 2 aromatic rings. The third-order valence-corrected chi connectivity index (χ3v) is 6.17. The molecule has 1 unspecified atom stereocenters. The summed E-state index contributed by atoms with van der Waals surface area (Å²) in [6, 6.07) is 5.74. The average molecular weight is 362 g/mol. The van der Waals surface area contributed by atoms with Gasteiger partial charge in [0.1, 0.15) is 5.82 Å². The van der Waals surface area contributed by atoms with Crippen molar-refractivity contribution in [3.8, 4) is 0 Å². The zero-order valence-corrected chi connectivity index (χ0v) is 15.4. The molecule has 5 heteroatoms. The number of piperidine rings is 1. The van der Waals surface area contributed by atoms with Crippen LogP contribution in [0, 0.1) is 6.92 Å². The van der Waals surface area contributed by atoms with Crippen LogP contribution in [-0.2, 0) is 18.4 Å². The number of likely N-dealkylation sites (tertiary alicyclic amines) is 1. The Bertz CT molecular complexity index is 753. The van der Waals surface area contributed by atoms with Crippen LogP contribution in [0.5, 0.6) is 0 Å². The molecule has 2 heterocycles. The van der Waals surface area contributed by atoms with Gasteiger partial charge in [-0.2, -0.15) is 0 Å². The first-order valence-electron chi connectivity index (χ1n) is 8.56. The molecule has 1 aromatic carbocycles. The van der Waals surface area contributed by atoms with Crippen LogP contribution in [-0.4, -0.2) is 28.0 Å². The Balaban J connectivity index is 1.61. The Morgan fingerprint density at radius 1 is 1.21 bits per heavy atom. The topological polar surface area (TPSA) is 29.0 Å². The van der Waals surface area contributed by atoms with Crippen LogP contribution in [0.1, 0.15) is 41.9 Å². The van der Waals surface area contributed by atoms with E-state index in [2.05, 4.69) is 9.88 Å². The van der Waals surface area contributed by atoms with Crippen LogP contribution < -0.4 is 0 Å². The first-order chi connectivity index (χ1) is 11.6. The number of halogens is 2. The molecule has 24 heavy (non-hydrogen) atoms. The second-order valence-electron chi connectivity index (χ2n) is 7.09. The number of hydrogen-bond donors (Lipinski definition) is 0. The van der Waals surface area contributed by atoms with Crippen LogP contribution in [0.2, 0.25) is 10.0 Å². The average Bonchev–Trinajstić information content (AvgIpc) is 2.89. The minimum atomic E-state index is 0.176. The summed E-state index contributed by atoms with van der Waals surface area (Å²) in [5, 5.41) is 1.51. The monoisotopic (exact) mass is 361 g/mol. The zero-order valence-electron chi connectivity index (χ0n) is 13.9. The molecular formula is C19H21Cl2N3. The molecule has 4 rings (SSSR count). The van der Waals surface area contributed by atoms with Crippen LogP contribution in [0.4, 0.5) is 0 Å². The van der Waals surface area contributed by atoms with Crippen molar-refractivity contribution in [1.82, 2.24) is 14.9 Å². The SMILES string of the molecule is Cc1ncc2c(n1)C1(CCCN(Cc3c(Cl)cccc3Cl)C1)CC2. The van der Waals surface area contributed by atoms with Crippen molar-refractivity contribution >= 4 is 23.2 Å². The highest BCUT2D eigenvalue weighted by Crippen LogP contribution is 2.44. The third-order valence-electron chi connectivity index (χ3n) is 5.46. The molecule has 1 aliphatic heterocycles. The second kappa shape index (κ2) is 6.29. The molecule has 0 N–H and O–H groups in total. The maximum Gasteiger partial charge on any atom is 0.125 e. The first kappa shape index (κ1) is 16.3. The summed E-state index contributed by atoms with van der Waals surface area (Å²) in [5.74, 6) is 0.876. The molecule has 0 radical (unpaired) electrons. The normalized spacial score (nSPS) is 23.6. The lowest BCUT2D eigenvalue weighted by Gasteiger charge is -2.40. The molecule has 1 spiro atoms. The van der Waals surface area contributed by atoms with E-state index in [1.807, 2.05) is 31.3 Å². The summed E-state index contributed by atoms with van der Waals surface area (Å²) in [4.78, 5) is 11.7. The predicted molar refractivity (Wildman–Crippen MR) is 97.7 cm³/mol. The largest absolute Gasteiger partial charge is 0.298 e. The highest BCUT2D eigenvalue weighted by Gasteiger charge is 2.43. The highest BCUT2D eigenvalue weighted by atomic mass is 35.5. The van der Waals surface area contributed by atoms with Gasteiger partial charge in [0.2, 0.25) is 0 Å². The van der Waals surface area contributed by atoms with E-state index < -0.39 is 0 Å². The molecule has 0 bridgehead atoms. The molecule has 126 valence electrons. The third kappa shape index (κ3) is 2.83. The van der Waals surface area contributed by atoms with Crippen molar-refractivity contribution in [2.45, 2.75) is 44.6 Å². The van der Waals surface area contributed by atoms with Crippen molar-refractivity contribution in [2.24, 2.45) is 0 Å². The molecule has 1 atom stereocenters. The number of benzene rings is 1. The lowest BCUT2D eigenvalue weighted by Crippen LogP contribution is -2.45. The fraction of sp³-hybridized carbons (Fsp3) is 0.474. The van der Waals surface area contributed by atoms with Gasteiger partial charge >= 0.3 is 0 Å². The van der Waals surface area contributed by atoms with Gasteiger partial charge in [0.25, 0.3) is 0 Å². The van der Waals surface area contributed by atoms with Gasteiger partial charge < -0.3 is 0 Å². The van der Waals surface area contributed by atoms with Gasteiger partial charge in [0, 0.05) is 40.3 Å². The van der Waals surface area contributed by atoms with Gasteiger partial charge in [-0.3, -0.25) is 4.90 Å². The number of aromatic nitrogens is 2. The van der Waals surface area contributed by atoms with E-state index in [0.29, 0.717) is 0 Å². The molecule has 1 aromatic heterocycles. The molecule has 0 saturated carbocycles. The van der Waals surface area contributed by atoms with Gasteiger partial charge in [0.15, 0.2) is 0 Å². The van der Waals surface area contributed by atoms with E-state index in [-0.39, 0.29) is 5.41 Å². The summed E-state index contributed by atoms with van der Waals surface area (Å²) < 4.78 is 0. The summed E-state index contributed by atoms with van der Waals surface area (Å²) >= 11 is 12.7. The Labute approximate surface area is 153 Å². The number of nitrogens with zero attached hydrogens (tertiary/aromatic N) is 3. The minimum Gasteiger partial charge on any atom is -0.298 e. The Kier molecular flexibility index (Phi) is 4.27. The lowest BCUT2D eigenvalue weighted by atomic mass is 9.77. The molecule has 1 fully saturated rings. The standard InChI is InChI=1S/C19H21Cl2N3/c1-13-22-10-14-6-8-19(18(14)23-13)7-3-9-24(12-19)11-15-16(20)4-2-5-17(15)21/h2,4-5,10H,3,6-9,11-12H2,1H3. The van der Waals surface area contributed by atoms with E-state index >= 15 is 0 Å². The number of fused-ring (bicyclic) bond motifs is 2. The maximum atomic E-state index is 6.37. The van der Waals surface area contributed by atoms with Crippen molar-refractivity contribution in [3.63, 3.8) is 0 Å². The smallest absolute Gasteiger partial charge is 0.125 e. The van der Waals surface area contributed by atoms with Gasteiger partial charge in [-0.15, -0.1) is 0 Å². The highest BCUT2D eigenvalue weighted by molar-refractivity contribution is 6.35. The molecule has 3 nitrogen and oxygen atoms in total. The van der Waals surface area contributed by atoms with Crippen molar-refractivity contribution in [1.29, 1.82) is 0 Å². The van der Waals surface area contributed by atoms with Gasteiger partial charge in [-0.25, -0.2) is 9.97 Å². The number of hydrogen-bond acceptors (Lipinski definition) is 3. The zero-order chi connectivity index (χ0) is 16.7. The summed E-state index contributed by atoms with van der Waals surface area (Å²) in [6.07, 6.45) is 6.69. The van der Waals surface area contributed by atoms with Crippen molar-refractivity contribution in [2.75, 3.05) is 13.1 Å². The first-order valence-corrected chi connectivity index (χ1v) is 9.31. The number of aryl methyl sites for hydroxylation is 2. The van der Waals surface area contributed by atoms with Crippen LogP contribution in [0.3, 0.4) is 0 Å². The Morgan fingerprint density at radius 3 is 2.79 bits per heavy atom. The summed E-state index contributed by atoms with van der Waals surface area (Å²) in [7, 11) is 0. The minimum absolute atomic E-state index is 0.176. The van der Waals surface area contributed by atoms with Gasteiger partial charge in [0.05, 0.1) is 5.69 Å². The molecular weight excluding hydrogens is 341 g/mol. The fourth-order valence-corrected chi connectivity index (χ4v) is 4.81. The second-order valence-corrected chi connectivity index (χ2v) is 7.90. The Morgan fingerprint density at radius 2 is 2.00 bits per heavy atom. The quantitative estimate of drug-likeness (QED) is 0.784. The molecule has 1 saturated heterocycles. The van der Waals surface area contributed by atoms with E-state index in [1.54, 1.807) is 0 Å². The van der Waals surface area contributed by atoms with Crippen LogP contribution in [0.25, 0.3) is 0 Å². The number of rotatable bonds is 2. The van der Waals surface area contributed by atoms with E-state index in [4.69, 9.17) is 28.2 Å². The van der Waals surface area contributed by atoms with E-state index in [9.17, 15) is 0 Å². The van der Waals surface area contributed by atoms with Crippen LogP contribution >= 0.6 is 23.2 Å². The van der Waals surface area contributed by atoms with Crippen LogP contribution in [0.15, 0.2) is 24.4 Å². The van der Waals surface area contributed by atoms with E-state index in [0.717, 1.165) is 47.5 Å². The molecule has 2 aliphatic rings. The fourth-order valence-electron chi connectivity index (χ4n) is 4.30. The van der Waals surface area contributed by atoms with Gasteiger partial charge in [-0.1, -0.05) is 29.3 Å². The molecule has 0 amide bonds. The molecule has 1 aliphatic carbocycles. The van der Waals surface area contributed by atoms with Gasteiger partial charge in [-0.05, 0) is 56.8 Å². The summed E-state index contributed by atoms with van der Waals surface area (Å²) in [5.41, 5.74) is 3.83. The Hall–Kier alpha value is -1.16.